The number of hydrogen-bond acceptors (Lipinski definition) is 4. The van der Waals surface area contributed by atoms with E-state index < -0.39 is 18.5 Å². The van der Waals surface area contributed by atoms with Crippen LogP contribution in [0.25, 0.3) is 6.08 Å². The summed E-state index contributed by atoms with van der Waals surface area (Å²) < 4.78 is 9.13. The second-order valence-electron chi connectivity index (χ2n) is 3.06. The molecule has 1 rings (SSSR count). The fraction of sp³-hybridized carbons (Fsp3) is 0.0769. The fourth-order valence-corrected chi connectivity index (χ4v) is 1.09. The van der Waals surface area contributed by atoms with Crippen LogP contribution in [0.5, 0.6) is 0 Å². The van der Waals surface area contributed by atoms with E-state index in [1.807, 2.05) is 0 Å². The highest BCUT2D eigenvalue weighted by Gasteiger charge is 2.09. The molecule has 0 unspecified atom stereocenters. The van der Waals surface area contributed by atoms with Gasteiger partial charge in [0, 0.05) is 0 Å². The molecule has 88 valence electrons. The van der Waals surface area contributed by atoms with Crippen molar-refractivity contribution in [3.63, 3.8) is 0 Å². The highest BCUT2D eigenvalue weighted by molar-refractivity contribution is 5.91. The molecule has 0 saturated heterocycles. The van der Waals surface area contributed by atoms with Gasteiger partial charge in [-0.25, -0.2) is 9.59 Å². The Balaban J connectivity index is 2.54. The second-order valence-corrected chi connectivity index (χ2v) is 3.06. The topological polar surface area (TPSA) is 52.6 Å². The summed E-state index contributed by atoms with van der Waals surface area (Å²) in [4.78, 5) is 22.4. The Hall–Kier alpha value is -2.36. The summed E-state index contributed by atoms with van der Waals surface area (Å²) in [5, 5.41) is 0. The van der Waals surface area contributed by atoms with E-state index in [-0.39, 0.29) is 0 Å². The van der Waals surface area contributed by atoms with Crippen LogP contribution in [0, 0.1) is 0 Å². The average Bonchev–Trinajstić information content (AvgIpc) is 2.36. The molecule has 4 heteroatoms. The average molecular weight is 232 g/mol. The summed E-state index contributed by atoms with van der Waals surface area (Å²) in [7, 11) is 0. The predicted octanol–water partition coefficient (Wildman–Crippen LogP) is 2.17. The lowest BCUT2D eigenvalue weighted by atomic mass is 10.1. The van der Waals surface area contributed by atoms with Gasteiger partial charge in [-0.05, 0) is 17.7 Å². The largest absolute Gasteiger partial charge is 0.450 e. The first-order chi connectivity index (χ1) is 8.17. The first-order valence-corrected chi connectivity index (χ1v) is 4.87. The van der Waals surface area contributed by atoms with Crippen molar-refractivity contribution in [3.8, 4) is 0 Å². The highest BCUT2D eigenvalue weighted by Crippen LogP contribution is 2.06. The van der Waals surface area contributed by atoms with Crippen molar-refractivity contribution < 1.29 is 19.1 Å². The monoisotopic (exact) mass is 232 g/mol. The van der Waals surface area contributed by atoms with Crippen LogP contribution in [0.1, 0.15) is 15.9 Å². The molecule has 0 fully saturated rings. The third-order valence-electron chi connectivity index (χ3n) is 1.92. The van der Waals surface area contributed by atoms with Gasteiger partial charge in [0.05, 0.1) is 11.8 Å². The highest BCUT2D eigenvalue weighted by atomic mass is 16.6. The van der Waals surface area contributed by atoms with E-state index in [1.165, 1.54) is 0 Å². The van der Waals surface area contributed by atoms with Crippen molar-refractivity contribution in [1.29, 1.82) is 0 Å². The molecule has 0 bridgehead atoms. The Labute approximate surface area is 99.2 Å². The van der Waals surface area contributed by atoms with Crippen molar-refractivity contribution in [2.24, 2.45) is 0 Å². The van der Waals surface area contributed by atoms with Crippen LogP contribution >= 0.6 is 0 Å². The minimum Gasteiger partial charge on any atom is -0.450 e. The number of carbonyl (C=O) groups is 2. The molecular weight excluding hydrogens is 220 g/mol. The predicted molar refractivity (Wildman–Crippen MR) is 63.1 cm³/mol. The molecule has 0 aliphatic heterocycles. The summed E-state index contributed by atoms with van der Waals surface area (Å²) in [5.74, 6) is -1.25. The minimum absolute atomic E-state index is 0.363. The second kappa shape index (κ2) is 6.27. The first-order valence-electron chi connectivity index (χ1n) is 4.87. The van der Waals surface area contributed by atoms with Gasteiger partial charge in [0.15, 0.2) is 6.61 Å². The van der Waals surface area contributed by atoms with Gasteiger partial charge in [-0.2, -0.15) is 0 Å². The standard InChI is InChI=1S/C13H12O4/c1-3-10-5-7-11(8-6-10)13(15)17-9-12(14)16-4-2/h3-8H,1-2,9H2. The molecule has 0 radical (unpaired) electrons. The van der Waals surface area contributed by atoms with Crippen LogP contribution in [-0.2, 0) is 14.3 Å². The van der Waals surface area contributed by atoms with Gasteiger partial charge in [0.2, 0.25) is 0 Å². The van der Waals surface area contributed by atoms with Gasteiger partial charge >= 0.3 is 11.9 Å². The van der Waals surface area contributed by atoms with Crippen LogP contribution in [0.3, 0.4) is 0 Å². The molecule has 0 N–H and O–H groups in total. The molecule has 0 aromatic heterocycles. The van der Waals surface area contributed by atoms with E-state index in [2.05, 4.69) is 17.9 Å². The van der Waals surface area contributed by atoms with Gasteiger partial charge in [-0.1, -0.05) is 31.4 Å². The molecule has 4 nitrogen and oxygen atoms in total. The minimum atomic E-state index is -0.670. The Bertz CT molecular complexity index is 431. The van der Waals surface area contributed by atoms with Crippen molar-refractivity contribution in [1.82, 2.24) is 0 Å². The van der Waals surface area contributed by atoms with Crippen molar-refractivity contribution >= 4 is 18.0 Å². The van der Waals surface area contributed by atoms with Crippen molar-refractivity contribution in [2.75, 3.05) is 6.61 Å². The Morgan fingerprint density at radius 3 is 2.35 bits per heavy atom. The fourth-order valence-electron chi connectivity index (χ4n) is 1.09. The van der Waals surface area contributed by atoms with Crippen LogP contribution in [0.15, 0.2) is 43.7 Å². The van der Waals surface area contributed by atoms with Gasteiger partial charge in [0.25, 0.3) is 0 Å². The van der Waals surface area contributed by atoms with E-state index in [0.29, 0.717) is 5.56 Å². The third-order valence-corrected chi connectivity index (χ3v) is 1.92. The number of ether oxygens (including phenoxy) is 2. The third kappa shape index (κ3) is 3.95. The summed E-state index contributed by atoms with van der Waals surface area (Å²) in [6.07, 6.45) is 2.64. The maximum Gasteiger partial charge on any atom is 0.349 e. The maximum atomic E-state index is 11.5. The number of carbonyl (C=O) groups excluding carboxylic acids is 2. The van der Waals surface area contributed by atoms with E-state index >= 15 is 0 Å². The van der Waals surface area contributed by atoms with E-state index in [0.717, 1.165) is 11.8 Å². The molecule has 1 aromatic carbocycles. The smallest absolute Gasteiger partial charge is 0.349 e. The zero-order valence-corrected chi connectivity index (χ0v) is 9.22. The lowest BCUT2D eigenvalue weighted by Gasteiger charge is -2.03. The number of hydrogen-bond donors (Lipinski definition) is 0. The van der Waals surface area contributed by atoms with Crippen LogP contribution in [0.4, 0.5) is 0 Å². The molecule has 0 aliphatic rings. The molecule has 0 aliphatic carbocycles. The number of esters is 2. The Morgan fingerprint density at radius 1 is 1.18 bits per heavy atom. The SMILES string of the molecule is C=COC(=O)COC(=O)c1ccc(C=C)cc1. The summed E-state index contributed by atoms with van der Waals surface area (Å²) >= 11 is 0. The van der Waals surface area contributed by atoms with Gasteiger partial charge in [0.1, 0.15) is 0 Å². The van der Waals surface area contributed by atoms with E-state index in [1.54, 1.807) is 30.3 Å². The number of rotatable bonds is 5. The lowest BCUT2D eigenvalue weighted by molar-refractivity contribution is -0.141. The zero-order chi connectivity index (χ0) is 12.7. The molecular formula is C13H12O4. The quantitative estimate of drug-likeness (QED) is 0.576. The van der Waals surface area contributed by atoms with Crippen LogP contribution in [-0.4, -0.2) is 18.5 Å². The van der Waals surface area contributed by atoms with Gasteiger partial charge < -0.3 is 9.47 Å². The van der Waals surface area contributed by atoms with E-state index in [9.17, 15) is 9.59 Å². The summed E-state index contributed by atoms with van der Waals surface area (Å²) in [6.45, 7) is 6.37. The summed E-state index contributed by atoms with van der Waals surface area (Å²) in [5.41, 5.74) is 1.26. The summed E-state index contributed by atoms with van der Waals surface area (Å²) in [6, 6.07) is 6.65. The van der Waals surface area contributed by atoms with Gasteiger partial charge in [-0.3, -0.25) is 0 Å². The molecule has 0 amide bonds. The number of benzene rings is 1. The molecule has 1 aromatic rings. The normalized spacial score (nSPS) is 9.18. The Kier molecular flexibility index (Phi) is 4.69. The molecule has 0 spiro atoms. The van der Waals surface area contributed by atoms with Gasteiger partial charge in [-0.15, -0.1) is 0 Å². The van der Waals surface area contributed by atoms with Crippen LogP contribution < -0.4 is 0 Å². The molecule has 0 heterocycles. The first kappa shape index (κ1) is 12.7. The zero-order valence-electron chi connectivity index (χ0n) is 9.22. The van der Waals surface area contributed by atoms with Crippen molar-refractivity contribution in [2.45, 2.75) is 0 Å². The van der Waals surface area contributed by atoms with Crippen molar-refractivity contribution in [3.05, 3.63) is 54.8 Å². The lowest BCUT2D eigenvalue weighted by Crippen LogP contribution is -2.14. The Morgan fingerprint density at radius 2 is 1.82 bits per heavy atom. The molecule has 0 atom stereocenters. The molecule has 17 heavy (non-hydrogen) atoms. The molecule has 0 saturated carbocycles. The van der Waals surface area contributed by atoms with Crippen LogP contribution in [0.2, 0.25) is 0 Å². The van der Waals surface area contributed by atoms with E-state index in [4.69, 9.17) is 4.74 Å². The maximum absolute atomic E-state index is 11.5.